The number of thioether (sulfide) groups is 1. The summed E-state index contributed by atoms with van der Waals surface area (Å²) in [6.07, 6.45) is 2.66. The lowest BCUT2D eigenvalue weighted by Crippen LogP contribution is -2.31. The largest absolute Gasteiger partial charge is 0.362 e. The zero-order chi connectivity index (χ0) is 8.32. The maximum Gasteiger partial charge on any atom is 0.182 e. The standard InChI is InChI=1S/C8H14O2S/c1-3-8(2,9)10-7-4-5-11-6-7/h3,7,9H,1,4-6H2,2H3/t7-,8+/m0/s1. The molecule has 0 radical (unpaired) electrons. The number of rotatable bonds is 3. The SMILES string of the molecule is C=C[C@](C)(O)O[C@H]1CCSC1. The van der Waals surface area contributed by atoms with Crippen LogP contribution in [0.4, 0.5) is 0 Å². The zero-order valence-electron chi connectivity index (χ0n) is 6.75. The van der Waals surface area contributed by atoms with Gasteiger partial charge in [-0.3, -0.25) is 0 Å². The molecule has 0 amide bonds. The van der Waals surface area contributed by atoms with Crippen LogP contribution in [0.2, 0.25) is 0 Å². The van der Waals surface area contributed by atoms with Crippen LogP contribution in [-0.2, 0) is 4.74 Å². The molecule has 0 aromatic heterocycles. The fourth-order valence-corrected chi connectivity index (χ4v) is 2.09. The van der Waals surface area contributed by atoms with Crippen molar-refractivity contribution in [2.45, 2.75) is 25.2 Å². The average Bonchev–Trinajstić information content (AvgIpc) is 2.39. The van der Waals surface area contributed by atoms with Gasteiger partial charge >= 0.3 is 0 Å². The van der Waals surface area contributed by atoms with E-state index in [0.29, 0.717) is 0 Å². The third-order valence-corrected chi connectivity index (χ3v) is 2.80. The van der Waals surface area contributed by atoms with E-state index in [0.717, 1.165) is 17.9 Å². The fourth-order valence-electron chi connectivity index (χ4n) is 0.991. The Kier molecular flexibility index (Phi) is 2.98. The summed E-state index contributed by atoms with van der Waals surface area (Å²) in [4.78, 5) is 0. The molecule has 1 heterocycles. The lowest BCUT2D eigenvalue weighted by Gasteiger charge is -2.23. The van der Waals surface area contributed by atoms with E-state index in [-0.39, 0.29) is 6.10 Å². The Morgan fingerprint density at radius 2 is 2.55 bits per heavy atom. The summed E-state index contributed by atoms with van der Waals surface area (Å²) >= 11 is 1.86. The van der Waals surface area contributed by atoms with E-state index in [4.69, 9.17) is 4.74 Å². The Morgan fingerprint density at radius 1 is 1.82 bits per heavy atom. The summed E-state index contributed by atoms with van der Waals surface area (Å²) in [5.74, 6) is 0.984. The van der Waals surface area contributed by atoms with Crippen LogP contribution in [0.3, 0.4) is 0 Å². The highest BCUT2D eigenvalue weighted by molar-refractivity contribution is 7.99. The first kappa shape index (κ1) is 9.10. The minimum Gasteiger partial charge on any atom is -0.362 e. The van der Waals surface area contributed by atoms with Crippen molar-refractivity contribution in [2.75, 3.05) is 11.5 Å². The van der Waals surface area contributed by atoms with Crippen molar-refractivity contribution >= 4 is 11.8 Å². The summed E-state index contributed by atoms with van der Waals surface area (Å²) in [6, 6.07) is 0. The normalized spacial score (nSPS) is 29.8. The topological polar surface area (TPSA) is 29.5 Å². The Bertz CT molecular complexity index is 139. The van der Waals surface area contributed by atoms with Crippen molar-refractivity contribution in [3.63, 3.8) is 0 Å². The molecule has 1 N–H and O–H groups in total. The third-order valence-electron chi connectivity index (χ3n) is 1.67. The van der Waals surface area contributed by atoms with E-state index in [9.17, 15) is 5.11 Å². The first-order valence-corrected chi connectivity index (χ1v) is 4.91. The van der Waals surface area contributed by atoms with E-state index in [1.807, 2.05) is 11.8 Å². The van der Waals surface area contributed by atoms with Crippen LogP contribution in [0.1, 0.15) is 13.3 Å². The van der Waals surface area contributed by atoms with Gasteiger partial charge in [0.05, 0.1) is 6.10 Å². The molecule has 1 aliphatic rings. The monoisotopic (exact) mass is 174 g/mol. The molecule has 0 unspecified atom stereocenters. The molecule has 0 aromatic rings. The van der Waals surface area contributed by atoms with Crippen molar-refractivity contribution in [2.24, 2.45) is 0 Å². The van der Waals surface area contributed by atoms with Gasteiger partial charge in [0.25, 0.3) is 0 Å². The highest BCUT2D eigenvalue weighted by atomic mass is 32.2. The number of ether oxygens (including phenoxy) is 1. The number of aliphatic hydroxyl groups is 1. The molecule has 1 fully saturated rings. The third kappa shape index (κ3) is 2.85. The van der Waals surface area contributed by atoms with Crippen LogP contribution in [-0.4, -0.2) is 28.5 Å². The van der Waals surface area contributed by atoms with Crippen molar-refractivity contribution in [1.82, 2.24) is 0 Å². The van der Waals surface area contributed by atoms with Gasteiger partial charge in [0, 0.05) is 5.75 Å². The maximum atomic E-state index is 9.43. The van der Waals surface area contributed by atoms with Gasteiger partial charge in [-0.25, -0.2) is 0 Å². The lowest BCUT2D eigenvalue weighted by molar-refractivity contribution is -0.177. The van der Waals surface area contributed by atoms with Gasteiger partial charge < -0.3 is 9.84 Å². The quantitative estimate of drug-likeness (QED) is 0.518. The van der Waals surface area contributed by atoms with Gasteiger partial charge in [0.1, 0.15) is 0 Å². The van der Waals surface area contributed by atoms with Crippen LogP contribution < -0.4 is 0 Å². The molecule has 0 aliphatic carbocycles. The molecule has 0 aromatic carbocycles. The molecule has 1 aliphatic heterocycles. The van der Waals surface area contributed by atoms with Crippen LogP contribution in [0.5, 0.6) is 0 Å². The molecular weight excluding hydrogens is 160 g/mol. The highest BCUT2D eigenvalue weighted by Gasteiger charge is 2.24. The lowest BCUT2D eigenvalue weighted by atomic mass is 10.3. The summed E-state index contributed by atoms with van der Waals surface area (Å²) < 4.78 is 5.36. The fraction of sp³-hybridized carbons (Fsp3) is 0.750. The van der Waals surface area contributed by atoms with Gasteiger partial charge in [0.2, 0.25) is 0 Å². The second-order valence-corrected chi connectivity index (χ2v) is 4.01. The summed E-state index contributed by atoms with van der Waals surface area (Å²) in [7, 11) is 0. The van der Waals surface area contributed by atoms with Crippen molar-refractivity contribution in [1.29, 1.82) is 0 Å². The molecule has 1 rings (SSSR count). The molecule has 0 saturated carbocycles. The van der Waals surface area contributed by atoms with Gasteiger partial charge in [-0.05, 0) is 25.2 Å². The van der Waals surface area contributed by atoms with Gasteiger partial charge in [-0.2, -0.15) is 11.8 Å². The van der Waals surface area contributed by atoms with E-state index < -0.39 is 5.79 Å². The second kappa shape index (κ2) is 3.61. The summed E-state index contributed by atoms with van der Waals surface area (Å²) in [5, 5.41) is 9.43. The Labute approximate surface area is 71.6 Å². The molecule has 64 valence electrons. The smallest absolute Gasteiger partial charge is 0.182 e. The molecule has 0 spiro atoms. The predicted octanol–water partition coefficient (Wildman–Crippen LogP) is 1.40. The second-order valence-electron chi connectivity index (χ2n) is 2.86. The van der Waals surface area contributed by atoms with Gasteiger partial charge in [-0.15, -0.1) is 0 Å². The molecule has 2 nitrogen and oxygen atoms in total. The van der Waals surface area contributed by atoms with Crippen LogP contribution in [0.15, 0.2) is 12.7 Å². The minimum atomic E-state index is -1.14. The van der Waals surface area contributed by atoms with Crippen LogP contribution in [0, 0.1) is 0 Å². The molecule has 11 heavy (non-hydrogen) atoms. The van der Waals surface area contributed by atoms with E-state index >= 15 is 0 Å². The van der Waals surface area contributed by atoms with Crippen molar-refractivity contribution in [3.8, 4) is 0 Å². The maximum absolute atomic E-state index is 9.43. The predicted molar refractivity (Wildman–Crippen MR) is 47.6 cm³/mol. The molecule has 2 atom stereocenters. The summed E-state index contributed by atoms with van der Waals surface area (Å²) in [6.45, 7) is 5.11. The Balaban J connectivity index is 2.33. The van der Waals surface area contributed by atoms with Crippen molar-refractivity contribution < 1.29 is 9.84 Å². The zero-order valence-corrected chi connectivity index (χ0v) is 7.56. The van der Waals surface area contributed by atoms with Gasteiger partial charge in [0.15, 0.2) is 5.79 Å². The average molecular weight is 174 g/mol. The summed E-state index contributed by atoms with van der Waals surface area (Å²) in [5.41, 5.74) is 0. The molecule has 0 bridgehead atoms. The van der Waals surface area contributed by atoms with Crippen LogP contribution in [0.25, 0.3) is 0 Å². The van der Waals surface area contributed by atoms with E-state index in [1.165, 1.54) is 6.08 Å². The first-order valence-electron chi connectivity index (χ1n) is 3.75. The highest BCUT2D eigenvalue weighted by Crippen LogP contribution is 2.23. The molecule has 3 heteroatoms. The van der Waals surface area contributed by atoms with Crippen molar-refractivity contribution in [3.05, 3.63) is 12.7 Å². The first-order chi connectivity index (χ1) is 5.14. The molecule has 1 saturated heterocycles. The molecular formula is C8H14O2S. The Hall–Kier alpha value is 0.0100. The Morgan fingerprint density at radius 3 is 3.00 bits per heavy atom. The van der Waals surface area contributed by atoms with E-state index in [2.05, 4.69) is 6.58 Å². The minimum absolute atomic E-state index is 0.202. The van der Waals surface area contributed by atoms with E-state index in [1.54, 1.807) is 6.92 Å². The van der Waals surface area contributed by atoms with Gasteiger partial charge in [-0.1, -0.05) is 6.58 Å². The number of hydrogen-bond acceptors (Lipinski definition) is 3. The van der Waals surface area contributed by atoms with Crippen LogP contribution >= 0.6 is 11.8 Å². The number of hydrogen-bond donors (Lipinski definition) is 1.